The average molecular weight is 285 g/mol. The van der Waals surface area contributed by atoms with Gasteiger partial charge in [0, 0.05) is 57.5 Å². The van der Waals surface area contributed by atoms with Gasteiger partial charge in [-0.25, -0.2) is 0 Å². The van der Waals surface area contributed by atoms with E-state index in [1.807, 2.05) is 27.9 Å². The molecular formula is C15H19N5O. The van der Waals surface area contributed by atoms with Crippen LogP contribution in [0, 0.1) is 0 Å². The molecule has 0 N–H and O–H groups in total. The summed E-state index contributed by atoms with van der Waals surface area (Å²) < 4.78 is 1.94. The molecule has 0 atom stereocenters. The molecule has 3 rings (SSSR count). The van der Waals surface area contributed by atoms with Crippen molar-refractivity contribution in [1.82, 2.24) is 24.6 Å². The van der Waals surface area contributed by atoms with Gasteiger partial charge in [-0.15, -0.1) is 0 Å². The fourth-order valence-corrected chi connectivity index (χ4v) is 2.52. The smallest absolute Gasteiger partial charge is 0.255 e. The SMILES string of the molecule is O=C(c1cccnc1)N1CCN(CCn2cccn2)CC1. The van der Waals surface area contributed by atoms with Crippen molar-refractivity contribution in [2.45, 2.75) is 6.54 Å². The first kappa shape index (κ1) is 13.8. The van der Waals surface area contributed by atoms with Crippen molar-refractivity contribution in [3.63, 3.8) is 0 Å². The highest BCUT2D eigenvalue weighted by molar-refractivity contribution is 5.93. The lowest BCUT2D eigenvalue weighted by atomic mass is 10.2. The highest BCUT2D eigenvalue weighted by Crippen LogP contribution is 2.07. The Balaban J connectivity index is 1.47. The minimum absolute atomic E-state index is 0.0785. The van der Waals surface area contributed by atoms with Crippen LogP contribution in [-0.2, 0) is 6.54 Å². The van der Waals surface area contributed by atoms with E-state index in [4.69, 9.17) is 0 Å². The van der Waals surface area contributed by atoms with E-state index in [-0.39, 0.29) is 5.91 Å². The minimum Gasteiger partial charge on any atom is -0.336 e. The van der Waals surface area contributed by atoms with E-state index in [9.17, 15) is 4.79 Å². The number of rotatable bonds is 4. The van der Waals surface area contributed by atoms with Crippen LogP contribution in [-0.4, -0.2) is 63.2 Å². The van der Waals surface area contributed by atoms with Crippen molar-refractivity contribution < 1.29 is 4.79 Å². The van der Waals surface area contributed by atoms with Crippen LogP contribution in [0.5, 0.6) is 0 Å². The number of carbonyl (C=O) groups excluding carboxylic acids is 1. The van der Waals surface area contributed by atoms with Gasteiger partial charge >= 0.3 is 0 Å². The van der Waals surface area contributed by atoms with E-state index < -0.39 is 0 Å². The van der Waals surface area contributed by atoms with E-state index in [0.717, 1.165) is 39.3 Å². The molecule has 0 aromatic carbocycles. The van der Waals surface area contributed by atoms with Gasteiger partial charge in [-0.2, -0.15) is 5.10 Å². The lowest BCUT2D eigenvalue weighted by Crippen LogP contribution is -2.49. The molecule has 2 aromatic heterocycles. The van der Waals surface area contributed by atoms with Crippen molar-refractivity contribution in [2.24, 2.45) is 0 Å². The molecule has 0 aliphatic carbocycles. The summed E-state index contributed by atoms with van der Waals surface area (Å²) >= 11 is 0. The maximum Gasteiger partial charge on any atom is 0.255 e. The Kier molecular flexibility index (Phi) is 4.25. The second-order valence-electron chi connectivity index (χ2n) is 5.14. The Morgan fingerprint density at radius 3 is 2.62 bits per heavy atom. The minimum atomic E-state index is 0.0785. The Labute approximate surface area is 124 Å². The normalized spacial score (nSPS) is 16.1. The van der Waals surface area contributed by atoms with Gasteiger partial charge in [-0.1, -0.05) is 0 Å². The largest absolute Gasteiger partial charge is 0.336 e. The molecule has 1 amide bonds. The molecule has 0 radical (unpaired) electrons. The fraction of sp³-hybridized carbons (Fsp3) is 0.400. The number of carbonyl (C=O) groups is 1. The van der Waals surface area contributed by atoms with Crippen LogP contribution in [0.1, 0.15) is 10.4 Å². The van der Waals surface area contributed by atoms with E-state index in [0.29, 0.717) is 5.56 Å². The van der Waals surface area contributed by atoms with Gasteiger partial charge in [0.15, 0.2) is 0 Å². The summed E-state index contributed by atoms with van der Waals surface area (Å²) in [6.07, 6.45) is 7.09. The Hall–Kier alpha value is -2.21. The highest BCUT2D eigenvalue weighted by atomic mass is 16.2. The van der Waals surface area contributed by atoms with Crippen LogP contribution in [0.25, 0.3) is 0 Å². The third kappa shape index (κ3) is 3.46. The van der Waals surface area contributed by atoms with Gasteiger partial charge in [0.1, 0.15) is 0 Å². The Bertz CT molecular complexity index is 561. The van der Waals surface area contributed by atoms with E-state index in [1.54, 1.807) is 24.7 Å². The summed E-state index contributed by atoms with van der Waals surface area (Å²) in [5.41, 5.74) is 0.669. The molecule has 2 aromatic rings. The Morgan fingerprint density at radius 2 is 1.95 bits per heavy atom. The molecular weight excluding hydrogens is 266 g/mol. The molecule has 3 heterocycles. The molecule has 0 unspecified atom stereocenters. The standard InChI is InChI=1S/C15H19N5O/c21-15(14-3-1-4-16-13-14)19-10-7-18(8-11-19)9-12-20-6-2-5-17-20/h1-6,13H,7-12H2. The van der Waals surface area contributed by atoms with E-state index in [2.05, 4.69) is 15.0 Å². The zero-order valence-electron chi connectivity index (χ0n) is 11.9. The van der Waals surface area contributed by atoms with Crippen LogP contribution >= 0.6 is 0 Å². The molecule has 6 heteroatoms. The predicted molar refractivity (Wildman–Crippen MR) is 78.8 cm³/mol. The van der Waals surface area contributed by atoms with Crippen molar-refractivity contribution in [3.05, 3.63) is 48.5 Å². The summed E-state index contributed by atoms with van der Waals surface area (Å²) in [6.45, 7) is 5.22. The van der Waals surface area contributed by atoms with Gasteiger partial charge < -0.3 is 4.90 Å². The van der Waals surface area contributed by atoms with Crippen molar-refractivity contribution in [2.75, 3.05) is 32.7 Å². The molecule has 1 aliphatic heterocycles. The van der Waals surface area contributed by atoms with Crippen molar-refractivity contribution >= 4 is 5.91 Å². The predicted octanol–water partition coefficient (Wildman–Crippen LogP) is 0.736. The third-order valence-electron chi connectivity index (χ3n) is 3.77. The number of hydrogen-bond donors (Lipinski definition) is 0. The monoisotopic (exact) mass is 285 g/mol. The second kappa shape index (κ2) is 6.49. The number of aromatic nitrogens is 3. The highest BCUT2D eigenvalue weighted by Gasteiger charge is 2.21. The van der Waals surface area contributed by atoms with Gasteiger partial charge in [-0.05, 0) is 18.2 Å². The first-order chi connectivity index (χ1) is 10.3. The quantitative estimate of drug-likeness (QED) is 0.831. The molecule has 110 valence electrons. The number of hydrogen-bond acceptors (Lipinski definition) is 4. The van der Waals surface area contributed by atoms with Crippen LogP contribution in [0.3, 0.4) is 0 Å². The van der Waals surface area contributed by atoms with Crippen LogP contribution in [0.2, 0.25) is 0 Å². The number of nitrogens with zero attached hydrogens (tertiary/aromatic N) is 5. The summed E-state index contributed by atoms with van der Waals surface area (Å²) in [6, 6.07) is 5.55. The fourth-order valence-electron chi connectivity index (χ4n) is 2.52. The zero-order valence-corrected chi connectivity index (χ0v) is 11.9. The van der Waals surface area contributed by atoms with Crippen LogP contribution in [0.4, 0.5) is 0 Å². The molecule has 6 nitrogen and oxygen atoms in total. The molecule has 0 saturated carbocycles. The summed E-state index contributed by atoms with van der Waals surface area (Å²) in [5, 5.41) is 4.20. The molecule has 0 bridgehead atoms. The number of piperazine rings is 1. The summed E-state index contributed by atoms with van der Waals surface area (Å²) in [5.74, 6) is 0.0785. The summed E-state index contributed by atoms with van der Waals surface area (Å²) in [7, 11) is 0. The van der Waals surface area contributed by atoms with Crippen molar-refractivity contribution in [3.8, 4) is 0 Å². The van der Waals surface area contributed by atoms with Crippen LogP contribution in [0.15, 0.2) is 43.0 Å². The van der Waals surface area contributed by atoms with Crippen LogP contribution < -0.4 is 0 Å². The molecule has 1 saturated heterocycles. The zero-order chi connectivity index (χ0) is 14.5. The van der Waals surface area contributed by atoms with Gasteiger partial charge in [0.05, 0.1) is 12.1 Å². The third-order valence-corrected chi connectivity index (χ3v) is 3.77. The van der Waals surface area contributed by atoms with E-state index >= 15 is 0 Å². The summed E-state index contributed by atoms with van der Waals surface area (Å²) in [4.78, 5) is 20.6. The van der Waals surface area contributed by atoms with Gasteiger partial charge in [0.25, 0.3) is 5.91 Å². The molecule has 1 fully saturated rings. The topological polar surface area (TPSA) is 54.3 Å². The van der Waals surface area contributed by atoms with Gasteiger partial charge in [0.2, 0.25) is 0 Å². The molecule has 0 spiro atoms. The number of pyridine rings is 1. The number of amides is 1. The molecule has 1 aliphatic rings. The maximum atomic E-state index is 12.3. The second-order valence-corrected chi connectivity index (χ2v) is 5.14. The first-order valence-electron chi connectivity index (χ1n) is 7.22. The lowest BCUT2D eigenvalue weighted by Gasteiger charge is -2.34. The van der Waals surface area contributed by atoms with Gasteiger partial charge in [-0.3, -0.25) is 19.4 Å². The Morgan fingerprint density at radius 1 is 1.10 bits per heavy atom. The maximum absolute atomic E-state index is 12.3. The lowest BCUT2D eigenvalue weighted by molar-refractivity contribution is 0.0631. The van der Waals surface area contributed by atoms with Crippen molar-refractivity contribution in [1.29, 1.82) is 0 Å². The first-order valence-corrected chi connectivity index (χ1v) is 7.22. The molecule has 21 heavy (non-hydrogen) atoms. The average Bonchev–Trinajstić information content (AvgIpc) is 3.07. The van der Waals surface area contributed by atoms with E-state index in [1.165, 1.54) is 0 Å².